The van der Waals surface area contributed by atoms with Gasteiger partial charge < -0.3 is 9.47 Å². The van der Waals surface area contributed by atoms with Crippen molar-refractivity contribution in [3.8, 4) is 11.5 Å². The van der Waals surface area contributed by atoms with Crippen molar-refractivity contribution in [3.05, 3.63) is 80.0 Å². The predicted octanol–water partition coefficient (Wildman–Crippen LogP) is 3.82. The van der Waals surface area contributed by atoms with Crippen molar-refractivity contribution in [2.24, 2.45) is 0 Å². The molecule has 0 spiro atoms. The van der Waals surface area contributed by atoms with E-state index in [9.17, 15) is 20.2 Å². The van der Waals surface area contributed by atoms with Crippen LogP contribution in [0.1, 0.15) is 18.1 Å². The van der Waals surface area contributed by atoms with Crippen LogP contribution in [-0.4, -0.2) is 16.5 Å². The first-order valence-electron chi connectivity index (χ1n) is 7.45. The van der Waals surface area contributed by atoms with E-state index in [1.165, 1.54) is 12.1 Å². The van der Waals surface area contributed by atoms with E-state index >= 15 is 0 Å². The van der Waals surface area contributed by atoms with Gasteiger partial charge in [-0.05, 0) is 18.6 Å². The smallest absolute Gasteiger partial charge is 0.280 e. The molecule has 0 aliphatic carbocycles. The van der Waals surface area contributed by atoms with Crippen LogP contribution in [0.15, 0.2) is 48.7 Å². The van der Waals surface area contributed by atoms with Crippen LogP contribution >= 0.6 is 0 Å². The zero-order valence-electron chi connectivity index (χ0n) is 13.5. The molecule has 0 aromatic heterocycles. The summed E-state index contributed by atoms with van der Waals surface area (Å²) in [5, 5.41) is 21.9. The summed E-state index contributed by atoms with van der Waals surface area (Å²) in [6.45, 7) is 2.22. The molecule has 0 aliphatic heterocycles. The van der Waals surface area contributed by atoms with Crippen LogP contribution in [0.5, 0.6) is 11.5 Å². The fraction of sp³-hybridized carbons (Fsp3) is 0.176. The van der Waals surface area contributed by atoms with Crippen molar-refractivity contribution in [1.82, 2.24) is 0 Å². The number of ether oxygens (including phenoxy) is 2. The van der Waals surface area contributed by atoms with Gasteiger partial charge in [-0.1, -0.05) is 30.3 Å². The summed E-state index contributed by atoms with van der Waals surface area (Å²) >= 11 is 0. The fourth-order valence-electron chi connectivity index (χ4n) is 2.17. The molecule has 8 nitrogen and oxygen atoms in total. The summed E-state index contributed by atoms with van der Waals surface area (Å²) in [6, 6.07) is 11.9. The maximum absolute atomic E-state index is 11.3. The molecule has 0 heterocycles. The van der Waals surface area contributed by atoms with Crippen LogP contribution in [0.25, 0.3) is 6.08 Å². The molecule has 0 unspecified atom stereocenters. The summed E-state index contributed by atoms with van der Waals surface area (Å²) in [4.78, 5) is 20.6. The minimum absolute atomic E-state index is 0.0106. The van der Waals surface area contributed by atoms with Gasteiger partial charge in [0.2, 0.25) is 6.20 Å². The standard InChI is InChI=1S/C17H16N2O6/c1-2-24-16-9-8-15(19(22)23)14(10-11-18(20)21)17(16)25-12-13-6-4-3-5-7-13/h3-11H,2,12H2,1H3/b11-10+. The molecule has 25 heavy (non-hydrogen) atoms. The Bertz CT molecular complexity index is 789. The summed E-state index contributed by atoms with van der Waals surface area (Å²) in [5.74, 6) is 0.380. The lowest BCUT2D eigenvalue weighted by Crippen LogP contribution is -2.03. The first kappa shape index (κ1) is 17.9. The van der Waals surface area contributed by atoms with Crippen molar-refractivity contribution in [1.29, 1.82) is 0 Å². The van der Waals surface area contributed by atoms with E-state index in [0.29, 0.717) is 12.8 Å². The summed E-state index contributed by atoms with van der Waals surface area (Å²) in [5.41, 5.74) is 0.536. The molecular weight excluding hydrogens is 328 g/mol. The molecule has 0 fully saturated rings. The lowest BCUT2D eigenvalue weighted by Gasteiger charge is -2.14. The van der Waals surface area contributed by atoms with Crippen LogP contribution in [-0.2, 0) is 6.61 Å². The fourth-order valence-corrected chi connectivity index (χ4v) is 2.17. The van der Waals surface area contributed by atoms with E-state index in [1.54, 1.807) is 6.92 Å². The van der Waals surface area contributed by atoms with Gasteiger partial charge in [0.1, 0.15) is 12.2 Å². The Morgan fingerprint density at radius 1 is 1.04 bits per heavy atom. The number of nitro groups is 2. The Morgan fingerprint density at radius 2 is 1.76 bits per heavy atom. The van der Waals surface area contributed by atoms with Crippen molar-refractivity contribution >= 4 is 11.8 Å². The first-order chi connectivity index (χ1) is 12.0. The maximum atomic E-state index is 11.3. The predicted molar refractivity (Wildman–Crippen MR) is 91.1 cm³/mol. The van der Waals surface area contributed by atoms with Gasteiger partial charge in [-0.2, -0.15) is 0 Å². The Hall–Kier alpha value is -3.42. The second-order valence-electron chi connectivity index (χ2n) is 4.89. The molecule has 0 amide bonds. The van der Waals surface area contributed by atoms with Crippen LogP contribution in [0.4, 0.5) is 5.69 Å². The first-order valence-corrected chi connectivity index (χ1v) is 7.45. The number of nitrogens with zero attached hydrogens (tertiary/aromatic N) is 2. The number of hydrogen-bond donors (Lipinski definition) is 0. The Balaban J connectivity index is 2.48. The van der Waals surface area contributed by atoms with Gasteiger partial charge in [0, 0.05) is 12.1 Å². The molecule has 0 saturated heterocycles. The van der Waals surface area contributed by atoms with E-state index in [0.717, 1.165) is 11.6 Å². The number of rotatable bonds is 8. The second kappa shape index (κ2) is 8.44. The van der Waals surface area contributed by atoms with Crippen LogP contribution in [0, 0.1) is 20.2 Å². The van der Waals surface area contributed by atoms with Crippen molar-refractivity contribution < 1.29 is 19.3 Å². The maximum Gasteiger partial charge on any atom is 0.280 e. The van der Waals surface area contributed by atoms with Crippen LogP contribution in [0.3, 0.4) is 0 Å². The van der Waals surface area contributed by atoms with E-state index in [4.69, 9.17) is 9.47 Å². The van der Waals surface area contributed by atoms with Crippen molar-refractivity contribution in [3.63, 3.8) is 0 Å². The quantitative estimate of drug-likeness (QED) is 0.532. The zero-order valence-corrected chi connectivity index (χ0v) is 13.5. The minimum Gasteiger partial charge on any atom is -0.490 e. The largest absolute Gasteiger partial charge is 0.490 e. The molecule has 0 atom stereocenters. The highest BCUT2D eigenvalue weighted by Crippen LogP contribution is 2.39. The second-order valence-corrected chi connectivity index (χ2v) is 4.89. The van der Waals surface area contributed by atoms with Gasteiger partial charge in [0.05, 0.1) is 16.5 Å². The van der Waals surface area contributed by atoms with Crippen molar-refractivity contribution in [2.75, 3.05) is 6.61 Å². The third-order valence-electron chi connectivity index (χ3n) is 3.22. The Morgan fingerprint density at radius 3 is 2.36 bits per heavy atom. The molecular formula is C17H16N2O6. The summed E-state index contributed by atoms with van der Waals surface area (Å²) in [7, 11) is 0. The van der Waals surface area contributed by atoms with Crippen molar-refractivity contribution in [2.45, 2.75) is 13.5 Å². The SMILES string of the molecule is CCOc1ccc([N+](=O)[O-])c(/C=C/[N+](=O)[O-])c1OCc1ccccc1. The molecule has 2 rings (SSSR count). The van der Waals surface area contributed by atoms with Gasteiger partial charge in [-0.25, -0.2) is 0 Å². The van der Waals surface area contributed by atoms with Crippen LogP contribution < -0.4 is 9.47 Å². The molecule has 0 saturated carbocycles. The van der Waals surface area contributed by atoms with Gasteiger partial charge >= 0.3 is 0 Å². The van der Waals surface area contributed by atoms with Gasteiger partial charge in [-0.3, -0.25) is 20.2 Å². The summed E-state index contributed by atoms with van der Waals surface area (Å²) < 4.78 is 11.2. The number of benzene rings is 2. The van der Waals surface area contributed by atoms with E-state index in [-0.39, 0.29) is 29.4 Å². The number of nitro benzene ring substituents is 1. The summed E-state index contributed by atoms with van der Waals surface area (Å²) in [6.07, 6.45) is 1.68. The zero-order chi connectivity index (χ0) is 18.2. The highest BCUT2D eigenvalue weighted by molar-refractivity contribution is 5.71. The molecule has 0 N–H and O–H groups in total. The molecule has 0 bridgehead atoms. The monoisotopic (exact) mass is 344 g/mol. The highest BCUT2D eigenvalue weighted by Gasteiger charge is 2.22. The molecule has 2 aromatic rings. The third-order valence-corrected chi connectivity index (χ3v) is 3.22. The minimum atomic E-state index is -0.696. The lowest BCUT2D eigenvalue weighted by atomic mass is 10.1. The number of hydrogen-bond acceptors (Lipinski definition) is 6. The Labute approximate surface area is 143 Å². The molecule has 130 valence electrons. The molecule has 0 radical (unpaired) electrons. The topological polar surface area (TPSA) is 105 Å². The highest BCUT2D eigenvalue weighted by atomic mass is 16.6. The van der Waals surface area contributed by atoms with E-state index in [2.05, 4.69) is 0 Å². The van der Waals surface area contributed by atoms with Gasteiger partial charge in [-0.15, -0.1) is 0 Å². The normalized spacial score (nSPS) is 10.6. The van der Waals surface area contributed by atoms with Gasteiger partial charge in [0.15, 0.2) is 11.5 Å². The van der Waals surface area contributed by atoms with E-state index < -0.39 is 9.85 Å². The third kappa shape index (κ3) is 4.77. The lowest BCUT2D eigenvalue weighted by molar-refractivity contribution is -0.401. The average molecular weight is 344 g/mol. The molecule has 0 aliphatic rings. The molecule has 8 heteroatoms. The molecule has 2 aromatic carbocycles. The van der Waals surface area contributed by atoms with E-state index in [1.807, 2.05) is 30.3 Å². The van der Waals surface area contributed by atoms with Crippen LogP contribution in [0.2, 0.25) is 0 Å². The van der Waals surface area contributed by atoms with Gasteiger partial charge in [0.25, 0.3) is 5.69 Å². The average Bonchev–Trinajstić information content (AvgIpc) is 2.59. The Kier molecular flexibility index (Phi) is 6.05.